The van der Waals surface area contributed by atoms with Gasteiger partial charge in [-0.3, -0.25) is 4.79 Å². The Labute approximate surface area is 148 Å². The Morgan fingerprint density at radius 1 is 0.760 bits per heavy atom. The van der Waals surface area contributed by atoms with Crippen molar-refractivity contribution >= 4 is 5.78 Å². The number of hydrogen-bond acceptors (Lipinski definition) is 2. The van der Waals surface area contributed by atoms with Crippen LogP contribution in [-0.2, 0) is 13.0 Å². The summed E-state index contributed by atoms with van der Waals surface area (Å²) >= 11 is 0. The Morgan fingerprint density at radius 2 is 1.32 bits per heavy atom. The molecule has 1 unspecified atom stereocenters. The van der Waals surface area contributed by atoms with Crippen molar-refractivity contribution in [2.24, 2.45) is 0 Å². The van der Waals surface area contributed by atoms with E-state index >= 15 is 0 Å². The minimum atomic E-state index is 0.0182. The lowest BCUT2D eigenvalue weighted by molar-refractivity contribution is 0.0973. The quantitative estimate of drug-likeness (QED) is 0.633. The zero-order chi connectivity index (χ0) is 17.5. The normalized spacial score (nSPS) is 11.9. The molecule has 0 aliphatic rings. The van der Waals surface area contributed by atoms with E-state index in [1.807, 2.05) is 72.8 Å². The molecule has 126 valence electrons. The first-order valence-corrected chi connectivity index (χ1v) is 8.58. The van der Waals surface area contributed by atoms with Crippen LogP contribution in [0.1, 0.15) is 39.4 Å². The lowest BCUT2D eigenvalue weighted by Crippen LogP contribution is -2.11. The minimum absolute atomic E-state index is 0.0182. The molecule has 2 nitrogen and oxygen atoms in total. The van der Waals surface area contributed by atoms with Gasteiger partial charge in [0.15, 0.2) is 5.78 Å². The summed E-state index contributed by atoms with van der Waals surface area (Å²) in [6.07, 6.45) is 1.19. The molecule has 0 aromatic heterocycles. The van der Waals surface area contributed by atoms with Crippen LogP contribution in [0.5, 0.6) is 0 Å². The number of aliphatic hydroxyl groups is 1. The van der Waals surface area contributed by atoms with E-state index in [1.165, 1.54) is 0 Å². The van der Waals surface area contributed by atoms with Gasteiger partial charge in [-0.05, 0) is 29.0 Å². The smallest absolute Gasteiger partial charge is 0.163 e. The van der Waals surface area contributed by atoms with E-state index in [0.29, 0.717) is 6.42 Å². The van der Waals surface area contributed by atoms with E-state index in [2.05, 4.69) is 12.1 Å². The number of carbonyl (C=O) groups excluding carboxylic acids is 1. The van der Waals surface area contributed by atoms with Gasteiger partial charge < -0.3 is 5.11 Å². The Bertz CT molecular complexity index is 810. The number of benzene rings is 3. The van der Waals surface area contributed by atoms with Crippen LogP contribution < -0.4 is 0 Å². The van der Waals surface area contributed by atoms with Crippen molar-refractivity contribution in [2.75, 3.05) is 0 Å². The van der Waals surface area contributed by atoms with Crippen molar-refractivity contribution in [2.45, 2.75) is 25.4 Å². The molecule has 0 heterocycles. The van der Waals surface area contributed by atoms with Crippen LogP contribution in [-0.4, -0.2) is 10.9 Å². The molecule has 0 aliphatic carbocycles. The number of carbonyl (C=O) groups is 1. The SMILES string of the molecule is O=C(CC(Cc1ccccc1CO)c1ccccc1)c1ccccc1. The summed E-state index contributed by atoms with van der Waals surface area (Å²) in [6, 6.07) is 27.5. The van der Waals surface area contributed by atoms with E-state index in [4.69, 9.17) is 0 Å². The average Bonchev–Trinajstić information content (AvgIpc) is 2.69. The first kappa shape index (κ1) is 17.1. The van der Waals surface area contributed by atoms with Gasteiger partial charge in [-0.25, -0.2) is 0 Å². The third kappa shape index (κ3) is 4.43. The van der Waals surface area contributed by atoms with Crippen molar-refractivity contribution < 1.29 is 9.90 Å². The topological polar surface area (TPSA) is 37.3 Å². The van der Waals surface area contributed by atoms with Gasteiger partial charge in [-0.2, -0.15) is 0 Å². The van der Waals surface area contributed by atoms with Gasteiger partial charge >= 0.3 is 0 Å². The molecule has 25 heavy (non-hydrogen) atoms. The molecular formula is C23H22O2. The predicted molar refractivity (Wildman–Crippen MR) is 101 cm³/mol. The molecule has 3 rings (SSSR count). The number of ketones is 1. The maximum absolute atomic E-state index is 12.7. The van der Waals surface area contributed by atoms with Crippen LogP contribution in [0.3, 0.4) is 0 Å². The Hall–Kier alpha value is -2.71. The van der Waals surface area contributed by atoms with Crippen LogP contribution >= 0.6 is 0 Å². The molecule has 3 aromatic rings. The highest BCUT2D eigenvalue weighted by molar-refractivity contribution is 5.96. The van der Waals surface area contributed by atoms with Gasteiger partial charge in [0.25, 0.3) is 0 Å². The lowest BCUT2D eigenvalue weighted by atomic mass is 9.85. The van der Waals surface area contributed by atoms with Gasteiger partial charge in [0.1, 0.15) is 0 Å². The van der Waals surface area contributed by atoms with Crippen molar-refractivity contribution in [1.82, 2.24) is 0 Å². The minimum Gasteiger partial charge on any atom is -0.392 e. The van der Waals surface area contributed by atoms with Gasteiger partial charge in [0.05, 0.1) is 6.61 Å². The molecule has 0 aliphatic heterocycles. The van der Waals surface area contributed by atoms with Gasteiger partial charge in [-0.1, -0.05) is 84.9 Å². The summed E-state index contributed by atoms with van der Waals surface area (Å²) in [5, 5.41) is 9.59. The fraction of sp³-hybridized carbons (Fsp3) is 0.174. The van der Waals surface area contributed by atoms with Crippen molar-refractivity contribution in [3.63, 3.8) is 0 Å². The van der Waals surface area contributed by atoms with E-state index in [-0.39, 0.29) is 18.3 Å². The Kier molecular flexibility index (Phi) is 5.76. The number of aliphatic hydroxyl groups excluding tert-OH is 1. The molecular weight excluding hydrogens is 308 g/mol. The first-order valence-electron chi connectivity index (χ1n) is 8.58. The van der Waals surface area contributed by atoms with E-state index in [0.717, 1.165) is 28.7 Å². The second-order valence-corrected chi connectivity index (χ2v) is 6.23. The second kappa shape index (κ2) is 8.41. The van der Waals surface area contributed by atoms with Gasteiger partial charge in [0.2, 0.25) is 0 Å². The predicted octanol–water partition coefficient (Wildman–Crippen LogP) is 4.78. The van der Waals surface area contributed by atoms with E-state index < -0.39 is 0 Å². The van der Waals surface area contributed by atoms with Gasteiger partial charge in [-0.15, -0.1) is 0 Å². The van der Waals surface area contributed by atoms with Crippen LogP contribution in [0.25, 0.3) is 0 Å². The van der Waals surface area contributed by atoms with Crippen LogP contribution in [0.15, 0.2) is 84.9 Å². The molecule has 0 saturated heterocycles. The average molecular weight is 330 g/mol. The zero-order valence-electron chi connectivity index (χ0n) is 14.1. The molecule has 0 saturated carbocycles. The molecule has 0 radical (unpaired) electrons. The third-order valence-corrected chi connectivity index (χ3v) is 4.55. The summed E-state index contributed by atoms with van der Waals surface area (Å²) in [4.78, 5) is 12.7. The molecule has 0 fully saturated rings. The number of Topliss-reactive ketones (excluding diaryl/α,β-unsaturated/α-hetero) is 1. The van der Waals surface area contributed by atoms with Crippen LogP contribution in [0, 0.1) is 0 Å². The van der Waals surface area contributed by atoms with Crippen molar-refractivity contribution in [1.29, 1.82) is 0 Å². The fourth-order valence-electron chi connectivity index (χ4n) is 3.18. The Morgan fingerprint density at radius 3 is 1.96 bits per heavy atom. The molecule has 1 atom stereocenters. The Balaban J connectivity index is 1.87. The van der Waals surface area contributed by atoms with Gasteiger partial charge in [0, 0.05) is 12.0 Å². The first-order chi connectivity index (χ1) is 12.3. The zero-order valence-corrected chi connectivity index (χ0v) is 14.1. The van der Waals surface area contributed by atoms with Crippen molar-refractivity contribution in [3.05, 3.63) is 107 Å². The highest BCUT2D eigenvalue weighted by Crippen LogP contribution is 2.27. The number of rotatable bonds is 7. The maximum atomic E-state index is 12.7. The van der Waals surface area contributed by atoms with E-state index in [9.17, 15) is 9.90 Å². The summed E-state index contributed by atoms with van der Waals surface area (Å²) in [5.41, 5.74) is 3.92. The fourth-order valence-corrected chi connectivity index (χ4v) is 3.18. The van der Waals surface area contributed by atoms with Crippen molar-refractivity contribution in [3.8, 4) is 0 Å². The standard InChI is InChI=1S/C23H22O2/c24-17-21-14-8-7-13-20(21)15-22(18-9-3-1-4-10-18)16-23(25)19-11-5-2-6-12-19/h1-14,22,24H,15-17H2. The van der Waals surface area contributed by atoms with E-state index in [1.54, 1.807) is 0 Å². The molecule has 1 N–H and O–H groups in total. The monoisotopic (exact) mass is 330 g/mol. The second-order valence-electron chi connectivity index (χ2n) is 6.23. The highest BCUT2D eigenvalue weighted by atomic mass is 16.3. The summed E-state index contributed by atoms with van der Waals surface area (Å²) in [5.74, 6) is 0.234. The lowest BCUT2D eigenvalue weighted by Gasteiger charge is -2.19. The maximum Gasteiger partial charge on any atom is 0.163 e. The summed E-state index contributed by atoms with van der Waals surface area (Å²) in [7, 11) is 0. The highest BCUT2D eigenvalue weighted by Gasteiger charge is 2.19. The molecule has 2 heteroatoms. The molecule has 0 spiro atoms. The van der Waals surface area contributed by atoms with Crippen LogP contribution in [0.4, 0.5) is 0 Å². The summed E-state index contributed by atoms with van der Waals surface area (Å²) < 4.78 is 0. The molecule has 3 aromatic carbocycles. The molecule has 0 amide bonds. The van der Waals surface area contributed by atoms with Crippen LogP contribution in [0.2, 0.25) is 0 Å². The number of hydrogen-bond donors (Lipinski definition) is 1. The largest absolute Gasteiger partial charge is 0.392 e. The third-order valence-electron chi connectivity index (χ3n) is 4.55. The molecule has 0 bridgehead atoms. The summed E-state index contributed by atoms with van der Waals surface area (Å²) in [6.45, 7) is 0.0182.